The van der Waals surface area contributed by atoms with Gasteiger partial charge in [0, 0.05) is 5.54 Å². The summed E-state index contributed by atoms with van der Waals surface area (Å²) in [6.07, 6.45) is 0.538. The molecular formula is C9H20N2O3S. The molecule has 1 amide bonds. The van der Waals surface area contributed by atoms with E-state index in [1.807, 2.05) is 20.8 Å². The predicted molar refractivity (Wildman–Crippen MR) is 60.0 cm³/mol. The fraction of sp³-hybridized carbons (Fsp3) is 0.889. The summed E-state index contributed by atoms with van der Waals surface area (Å²) >= 11 is 0. The second-order valence-electron chi connectivity index (χ2n) is 4.44. The summed E-state index contributed by atoms with van der Waals surface area (Å²) in [7, 11) is -3.29. The van der Waals surface area contributed by atoms with Crippen LogP contribution in [0.25, 0.3) is 0 Å². The van der Waals surface area contributed by atoms with Crippen LogP contribution in [-0.4, -0.2) is 32.2 Å². The first kappa shape index (κ1) is 14.4. The molecule has 0 atom stereocenters. The van der Waals surface area contributed by atoms with Crippen LogP contribution in [0.3, 0.4) is 0 Å². The van der Waals surface area contributed by atoms with E-state index < -0.39 is 10.0 Å². The van der Waals surface area contributed by atoms with Crippen LogP contribution in [0.4, 0.5) is 0 Å². The molecule has 0 aliphatic rings. The molecule has 0 aromatic rings. The van der Waals surface area contributed by atoms with Crippen LogP contribution >= 0.6 is 0 Å². The van der Waals surface area contributed by atoms with Crippen LogP contribution in [0.2, 0.25) is 0 Å². The normalized spacial score (nSPS) is 12.5. The Morgan fingerprint density at radius 3 is 2.20 bits per heavy atom. The van der Waals surface area contributed by atoms with Crippen LogP contribution in [-0.2, 0) is 14.8 Å². The first-order valence-corrected chi connectivity index (χ1v) is 6.60. The maximum absolute atomic E-state index is 11.3. The van der Waals surface area contributed by atoms with Gasteiger partial charge in [-0.2, -0.15) is 0 Å². The van der Waals surface area contributed by atoms with E-state index >= 15 is 0 Å². The average Bonchev–Trinajstić information content (AvgIpc) is 1.98. The summed E-state index contributed by atoms with van der Waals surface area (Å²) in [5.74, 6) is -0.266. The van der Waals surface area contributed by atoms with Gasteiger partial charge in [0.1, 0.15) is 0 Å². The van der Waals surface area contributed by atoms with Crippen LogP contribution in [0.5, 0.6) is 0 Å². The Morgan fingerprint density at radius 1 is 1.27 bits per heavy atom. The van der Waals surface area contributed by atoms with Gasteiger partial charge in [0.15, 0.2) is 0 Å². The summed E-state index contributed by atoms with van der Waals surface area (Å²) < 4.78 is 24.7. The van der Waals surface area contributed by atoms with Crippen molar-refractivity contribution in [1.29, 1.82) is 0 Å². The van der Waals surface area contributed by atoms with Gasteiger partial charge in [-0.25, -0.2) is 13.1 Å². The Labute approximate surface area is 91.7 Å². The van der Waals surface area contributed by atoms with Crippen molar-refractivity contribution in [3.8, 4) is 0 Å². The highest BCUT2D eigenvalue weighted by Crippen LogP contribution is 1.97. The monoisotopic (exact) mass is 236 g/mol. The van der Waals surface area contributed by atoms with Gasteiger partial charge >= 0.3 is 0 Å². The van der Waals surface area contributed by atoms with E-state index in [-0.39, 0.29) is 23.7 Å². The molecule has 0 saturated heterocycles. The van der Waals surface area contributed by atoms with Gasteiger partial charge in [-0.05, 0) is 27.2 Å². The topological polar surface area (TPSA) is 75.3 Å². The molecule has 0 radical (unpaired) electrons. The van der Waals surface area contributed by atoms with Crippen molar-refractivity contribution >= 4 is 15.9 Å². The lowest BCUT2D eigenvalue weighted by atomic mass is 10.1. The standard InChI is InChI=1S/C9H20N2O3S/c1-5-6-15(13,14)10-7-8(12)11-9(2,3)4/h10H,5-7H2,1-4H3,(H,11,12). The van der Waals surface area contributed by atoms with Crippen molar-refractivity contribution < 1.29 is 13.2 Å². The SMILES string of the molecule is CCCS(=O)(=O)NCC(=O)NC(C)(C)C. The van der Waals surface area contributed by atoms with Crippen molar-refractivity contribution in [3.63, 3.8) is 0 Å². The van der Waals surface area contributed by atoms with E-state index in [1.165, 1.54) is 0 Å². The molecular weight excluding hydrogens is 216 g/mol. The Morgan fingerprint density at radius 2 is 1.80 bits per heavy atom. The Hall–Kier alpha value is -0.620. The van der Waals surface area contributed by atoms with Gasteiger partial charge < -0.3 is 5.32 Å². The molecule has 0 aromatic heterocycles. The molecule has 0 heterocycles. The van der Waals surface area contributed by atoms with Crippen molar-refractivity contribution in [2.45, 2.75) is 39.7 Å². The minimum absolute atomic E-state index is 0.0514. The second kappa shape index (κ2) is 5.46. The number of carbonyl (C=O) groups excluding carboxylic acids is 1. The number of hydrogen-bond acceptors (Lipinski definition) is 3. The predicted octanol–water partition coefficient (Wildman–Crippen LogP) is 0.231. The van der Waals surface area contributed by atoms with Gasteiger partial charge in [0.05, 0.1) is 12.3 Å². The van der Waals surface area contributed by atoms with E-state index in [0.717, 1.165) is 0 Å². The van der Waals surface area contributed by atoms with Crippen molar-refractivity contribution in [3.05, 3.63) is 0 Å². The molecule has 0 saturated carbocycles. The maximum Gasteiger partial charge on any atom is 0.235 e. The third-order valence-corrected chi connectivity index (χ3v) is 2.97. The van der Waals surface area contributed by atoms with Crippen LogP contribution in [0.1, 0.15) is 34.1 Å². The number of amides is 1. The van der Waals surface area contributed by atoms with Crippen LogP contribution < -0.4 is 10.0 Å². The first-order valence-electron chi connectivity index (χ1n) is 4.94. The molecule has 15 heavy (non-hydrogen) atoms. The zero-order valence-corrected chi connectivity index (χ0v) is 10.6. The largest absolute Gasteiger partial charge is 0.350 e. The third-order valence-electron chi connectivity index (χ3n) is 1.44. The van der Waals surface area contributed by atoms with Gasteiger partial charge in [-0.3, -0.25) is 4.79 Å². The van der Waals surface area contributed by atoms with Crippen molar-refractivity contribution in [2.75, 3.05) is 12.3 Å². The molecule has 90 valence electrons. The lowest BCUT2D eigenvalue weighted by Gasteiger charge is -2.20. The fourth-order valence-corrected chi connectivity index (χ4v) is 2.01. The van der Waals surface area contributed by atoms with E-state index in [9.17, 15) is 13.2 Å². The van der Waals surface area contributed by atoms with E-state index in [1.54, 1.807) is 6.92 Å². The molecule has 0 spiro atoms. The number of hydrogen-bond donors (Lipinski definition) is 2. The third kappa shape index (κ3) is 8.38. The quantitative estimate of drug-likeness (QED) is 0.717. The van der Waals surface area contributed by atoms with E-state index in [4.69, 9.17) is 0 Å². The van der Waals surface area contributed by atoms with Crippen molar-refractivity contribution in [2.24, 2.45) is 0 Å². The summed E-state index contributed by atoms with van der Waals surface area (Å²) in [5.41, 5.74) is -0.340. The second-order valence-corrected chi connectivity index (χ2v) is 6.36. The zero-order valence-electron chi connectivity index (χ0n) is 9.75. The molecule has 5 nitrogen and oxygen atoms in total. The summed E-state index contributed by atoms with van der Waals surface area (Å²) in [6.45, 7) is 7.09. The minimum Gasteiger partial charge on any atom is -0.350 e. The van der Waals surface area contributed by atoms with Crippen LogP contribution in [0, 0.1) is 0 Å². The minimum atomic E-state index is -3.29. The number of sulfonamides is 1. The zero-order chi connectivity index (χ0) is 12.1. The highest BCUT2D eigenvalue weighted by molar-refractivity contribution is 7.89. The lowest BCUT2D eigenvalue weighted by Crippen LogP contribution is -2.46. The highest BCUT2D eigenvalue weighted by Gasteiger charge is 2.15. The Bertz CT molecular complexity index is 304. The summed E-state index contributed by atoms with van der Waals surface area (Å²) in [6, 6.07) is 0. The summed E-state index contributed by atoms with van der Waals surface area (Å²) in [5, 5.41) is 2.67. The van der Waals surface area contributed by atoms with Gasteiger partial charge in [-0.1, -0.05) is 6.92 Å². The molecule has 0 rings (SSSR count). The molecule has 0 fully saturated rings. The van der Waals surface area contributed by atoms with E-state index in [2.05, 4.69) is 10.0 Å². The average molecular weight is 236 g/mol. The molecule has 0 unspecified atom stereocenters. The number of nitrogens with one attached hydrogen (secondary N) is 2. The number of carbonyl (C=O) groups is 1. The molecule has 0 aliphatic carbocycles. The molecule has 0 bridgehead atoms. The molecule has 6 heteroatoms. The van der Waals surface area contributed by atoms with Crippen molar-refractivity contribution in [1.82, 2.24) is 10.0 Å². The number of rotatable bonds is 5. The maximum atomic E-state index is 11.3. The molecule has 2 N–H and O–H groups in total. The smallest absolute Gasteiger partial charge is 0.235 e. The molecule has 0 aromatic carbocycles. The van der Waals surface area contributed by atoms with Crippen LogP contribution in [0.15, 0.2) is 0 Å². The lowest BCUT2D eigenvalue weighted by molar-refractivity contribution is -0.121. The summed E-state index contributed by atoms with van der Waals surface area (Å²) in [4.78, 5) is 11.3. The Kier molecular flexibility index (Phi) is 5.23. The molecule has 0 aliphatic heterocycles. The van der Waals surface area contributed by atoms with E-state index in [0.29, 0.717) is 6.42 Å². The highest BCUT2D eigenvalue weighted by atomic mass is 32.2. The van der Waals surface area contributed by atoms with Gasteiger partial charge in [0.25, 0.3) is 0 Å². The fourth-order valence-electron chi connectivity index (χ4n) is 0.979. The Balaban J connectivity index is 4.02. The van der Waals surface area contributed by atoms with Gasteiger partial charge in [-0.15, -0.1) is 0 Å². The first-order chi connectivity index (χ1) is 6.66. The van der Waals surface area contributed by atoms with Gasteiger partial charge in [0.2, 0.25) is 15.9 Å².